The van der Waals surface area contributed by atoms with Crippen molar-refractivity contribution in [1.29, 1.82) is 0 Å². The van der Waals surface area contributed by atoms with Gasteiger partial charge in [0.25, 0.3) is 0 Å². The molecule has 2 aromatic carbocycles. The lowest BCUT2D eigenvalue weighted by Crippen LogP contribution is -2.26. The zero-order valence-corrected chi connectivity index (χ0v) is 22.3. The Morgan fingerprint density at radius 1 is 0.974 bits per heavy atom. The zero-order valence-electron chi connectivity index (χ0n) is 21.5. The normalized spacial score (nSPS) is 18.1. The summed E-state index contributed by atoms with van der Waals surface area (Å²) in [5.41, 5.74) is 13.6. The maximum atomic E-state index is 15.5. The molecule has 0 unspecified atom stereocenters. The number of aryl methyl sites for hydroxylation is 1. The Labute approximate surface area is 224 Å². The Morgan fingerprint density at radius 3 is 2.36 bits per heavy atom. The first kappa shape index (κ1) is 27.1. The molecule has 0 atom stereocenters. The molecule has 1 aliphatic rings. The summed E-state index contributed by atoms with van der Waals surface area (Å²) in [6, 6.07) is 7.41. The fourth-order valence-electron chi connectivity index (χ4n) is 5.43. The summed E-state index contributed by atoms with van der Waals surface area (Å²) in [4.78, 5) is 4.37. The molecule has 0 bridgehead atoms. The van der Waals surface area contributed by atoms with Crippen LogP contribution < -0.4 is 11.5 Å². The quantitative estimate of drug-likeness (QED) is 0.322. The summed E-state index contributed by atoms with van der Waals surface area (Å²) >= 11 is 0. The molecule has 2 heterocycles. The van der Waals surface area contributed by atoms with Gasteiger partial charge in [0, 0.05) is 35.5 Å². The van der Waals surface area contributed by atoms with Crippen LogP contribution in [0, 0.1) is 17.5 Å². The van der Waals surface area contributed by atoms with Crippen LogP contribution in [-0.4, -0.2) is 29.2 Å². The molecule has 0 amide bonds. The van der Waals surface area contributed by atoms with Crippen molar-refractivity contribution >= 4 is 26.6 Å². The molecule has 0 aliphatic heterocycles. The van der Waals surface area contributed by atoms with Gasteiger partial charge in [-0.25, -0.2) is 26.6 Å². The number of hydrogen-bond acceptors (Lipinski definition) is 6. The highest BCUT2D eigenvalue weighted by molar-refractivity contribution is 7.89. The third-order valence-electron chi connectivity index (χ3n) is 7.44. The van der Waals surface area contributed by atoms with E-state index < -0.39 is 38.8 Å². The van der Waals surface area contributed by atoms with Crippen molar-refractivity contribution in [3.63, 3.8) is 0 Å². The molecule has 7 nitrogen and oxygen atoms in total. The van der Waals surface area contributed by atoms with Crippen LogP contribution in [0.5, 0.6) is 0 Å². The Morgan fingerprint density at radius 2 is 1.67 bits per heavy atom. The van der Waals surface area contributed by atoms with Crippen molar-refractivity contribution in [1.82, 2.24) is 14.8 Å². The van der Waals surface area contributed by atoms with Crippen LogP contribution in [0.4, 0.5) is 19.0 Å². The molecule has 0 saturated heterocycles. The second-order valence-corrected chi connectivity index (χ2v) is 12.2. The monoisotopic (exact) mass is 557 g/mol. The minimum Gasteiger partial charge on any atom is -0.383 e. The first-order valence-electron chi connectivity index (χ1n) is 12.9. The molecular weight excluding hydrogens is 527 g/mol. The minimum atomic E-state index is -4.00. The number of anilines is 1. The second kappa shape index (κ2) is 10.6. The molecule has 1 saturated carbocycles. The van der Waals surface area contributed by atoms with E-state index in [2.05, 4.69) is 10.1 Å². The van der Waals surface area contributed by atoms with Crippen molar-refractivity contribution in [2.24, 2.45) is 5.73 Å². The maximum absolute atomic E-state index is 15.5. The van der Waals surface area contributed by atoms with Gasteiger partial charge in [0.05, 0.1) is 22.4 Å². The van der Waals surface area contributed by atoms with E-state index >= 15 is 8.78 Å². The SMILES string of the molecule is CCn1nc(-c2cc(F)c(CS(=O)(=O)Cc3ccccc3F)cc2F)c2c(N)ncc(C3CCC(N)CC3)c21. The van der Waals surface area contributed by atoms with Crippen LogP contribution in [0.25, 0.3) is 22.2 Å². The number of pyridine rings is 1. The lowest BCUT2D eigenvalue weighted by molar-refractivity contribution is 0.395. The van der Waals surface area contributed by atoms with E-state index in [1.54, 1.807) is 10.9 Å². The highest BCUT2D eigenvalue weighted by atomic mass is 32.2. The lowest BCUT2D eigenvalue weighted by atomic mass is 9.82. The molecule has 4 N–H and O–H groups in total. The second-order valence-electron chi connectivity index (χ2n) is 10.1. The van der Waals surface area contributed by atoms with Gasteiger partial charge in [-0.05, 0) is 62.3 Å². The van der Waals surface area contributed by atoms with E-state index in [9.17, 15) is 12.8 Å². The van der Waals surface area contributed by atoms with Gasteiger partial charge in [0.15, 0.2) is 9.84 Å². The molecule has 2 aromatic heterocycles. The molecule has 1 fully saturated rings. The fourth-order valence-corrected chi connectivity index (χ4v) is 6.93. The van der Waals surface area contributed by atoms with Gasteiger partial charge < -0.3 is 11.5 Å². The van der Waals surface area contributed by atoms with Crippen LogP contribution in [0.15, 0.2) is 42.6 Å². The highest BCUT2D eigenvalue weighted by Crippen LogP contribution is 2.41. The Balaban J connectivity index is 1.54. The molecule has 5 rings (SSSR count). The lowest BCUT2D eigenvalue weighted by Gasteiger charge is -2.27. The van der Waals surface area contributed by atoms with Crippen LogP contribution in [-0.2, 0) is 27.9 Å². The molecule has 4 aromatic rings. The number of halogens is 3. The van der Waals surface area contributed by atoms with Crippen LogP contribution >= 0.6 is 0 Å². The Hall–Kier alpha value is -3.44. The van der Waals surface area contributed by atoms with E-state index in [-0.39, 0.29) is 40.2 Å². The number of rotatable bonds is 7. The number of nitrogen functional groups attached to an aromatic ring is 1. The number of nitrogens with zero attached hydrogens (tertiary/aromatic N) is 3. The summed E-state index contributed by atoms with van der Waals surface area (Å²) in [5, 5.41) is 5.02. The highest BCUT2D eigenvalue weighted by Gasteiger charge is 2.28. The van der Waals surface area contributed by atoms with Gasteiger partial charge in [0.2, 0.25) is 0 Å². The molecule has 11 heteroatoms. The molecule has 0 radical (unpaired) electrons. The van der Waals surface area contributed by atoms with E-state index in [1.165, 1.54) is 18.2 Å². The van der Waals surface area contributed by atoms with Gasteiger partial charge >= 0.3 is 0 Å². The average Bonchev–Trinajstić information content (AvgIpc) is 3.28. The third kappa shape index (κ3) is 5.38. The summed E-state index contributed by atoms with van der Waals surface area (Å²) in [6.45, 7) is 2.36. The fraction of sp³-hybridized carbons (Fsp3) is 0.357. The topological polar surface area (TPSA) is 117 Å². The number of nitrogens with two attached hydrogens (primary N) is 2. The predicted molar refractivity (Wildman–Crippen MR) is 145 cm³/mol. The first-order valence-corrected chi connectivity index (χ1v) is 14.7. The van der Waals surface area contributed by atoms with Crippen LogP contribution in [0.2, 0.25) is 0 Å². The number of sulfone groups is 1. The van der Waals surface area contributed by atoms with Crippen molar-refractivity contribution in [2.45, 2.75) is 62.6 Å². The molecule has 0 spiro atoms. The number of benzene rings is 2. The summed E-state index contributed by atoms with van der Waals surface area (Å²) in [6.07, 6.45) is 5.25. The van der Waals surface area contributed by atoms with Gasteiger partial charge in [-0.3, -0.25) is 4.68 Å². The van der Waals surface area contributed by atoms with Gasteiger partial charge in [-0.2, -0.15) is 5.10 Å². The van der Waals surface area contributed by atoms with Crippen LogP contribution in [0.3, 0.4) is 0 Å². The minimum absolute atomic E-state index is 0.0368. The van der Waals surface area contributed by atoms with Gasteiger partial charge in [-0.1, -0.05) is 18.2 Å². The zero-order chi connectivity index (χ0) is 27.9. The van der Waals surface area contributed by atoms with E-state index in [0.29, 0.717) is 11.9 Å². The third-order valence-corrected chi connectivity index (χ3v) is 8.94. The number of fused-ring (bicyclic) bond motifs is 1. The van der Waals surface area contributed by atoms with E-state index in [1.807, 2.05) is 6.92 Å². The number of aromatic nitrogens is 3. The summed E-state index contributed by atoms with van der Waals surface area (Å²) in [5.74, 6) is -3.51. The summed E-state index contributed by atoms with van der Waals surface area (Å²) in [7, 11) is -4.00. The van der Waals surface area contributed by atoms with Crippen molar-refractivity contribution in [2.75, 3.05) is 5.73 Å². The standard InChI is InChI=1S/C28H30F3N5O2S/c1-2-36-27-21(16-7-9-19(32)10-8-16)13-34-28(33)25(27)26(35-36)20-12-23(30)18(11-24(20)31)15-39(37,38)14-17-5-3-4-6-22(17)29/h3-6,11-13,16,19H,2,7-10,14-15,32H2,1H3,(H2,33,34). The largest absolute Gasteiger partial charge is 0.383 e. The first-order chi connectivity index (χ1) is 18.6. The number of hydrogen-bond donors (Lipinski definition) is 2. The smallest absolute Gasteiger partial charge is 0.158 e. The van der Waals surface area contributed by atoms with Crippen molar-refractivity contribution in [3.05, 3.63) is 76.7 Å². The van der Waals surface area contributed by atoms with Crippen molar-refractivity contribution in [3.8, 4) is 11.3 Å². The van der Waals surface area contributed by atoms with Gasteiger partial charge in [-0.15, -0.1) is 0 Å². The maximum Gasteiger partial charge on any atom is 0.158 e. The van der Waals surface area contributed by atoms with E-state index in [4.69, 9.17) is 11.5 Å². The predicted octanol–water partition coefficient (Wildman–Crippen LogP) is 5.22. The Kier molecular flexibility index (Phi) is 7.39. The molecule has 39 heavy (non-hydrogen) atoms. The van der Waals surface area contributed by atoms with E-state index in [0.717, 1.165) is 55.0 Å². The molecular formula is C28H30F3N5O2S. The molecule has 1 aliphatic carbocycles. The van der Waals surface area contributed by atoms with Gasteiger partial charge in [0.1, 0.15) is 29.0 Å². The molecule has 206 valence electrons. The average molecular weight is 558 g/mol. The van der Waals surface area contributed by atoms with Crippen LogP contribution in [0.1, 0.15) is 55.2 Å². The summed E-state index contributed by atoms with van der Waals surface area (Å²) < 4.78 is 71.9. The van der Waals surface area contributed by atoms with Crippen molar-refractivity contribution < 1.29 is 21.6 Å². The Bertz CT molecular complexity index is 1650.